The van der Waals surface area contributed by atoms with Gasteiger partial charge in [-0.1, -0.05) is 0 Å². The summed E-state index contributed by atoms with van der Waals surface area (Å²) in [6.07, 6.45) is 0. The third kappa shape index (κ3) is 6.93. The summed E-state index contributed by atoms with van der Waals surface area (Å²) in [6.45, 7) is 4.17. The summed E-state index contributed by atoms with van der Waals surface area (Å²) in [7, 11) is 5.40. The van der Waals surface area contributed by atoms with Gasteiger partial charge in [0.25, 0.3) is 0 Å². The zero-order valence-electron chi connectivity index (χ0n) is 23.1. The van der Waals surface area contributed by atoms with Crippen LogP contribution in [0, 0.1) is 0 Å². The minimum atomic E-state index is -0.00933. The van der Waals surface area contributed by atoms with Gasteiger partial charge in [0.15, 0.2) is 0 Å². The van der Waals surface area contributed by atoms with Gasteiger partial charge in [0.2, 0.25) is 11.9 Å². The molecule has 9 nitrogen and oxygen atoms in total. The van der Waals surface area contributed by atoms with Crippen LogP contribution in [0.25, 0.3) is 22.5 Å². The molecule has 0 atom stereocenters. The Bertz CT molecular complexity index is 1350. The molecule has 4 aromatic rings. The molecule has 206 valence electrons. The molecule has 1 fully saturated rings. The topological polar surface area (TPSA) is 91.8 Å². The van der Waals surface area contributed by atoms with Crippen LogP contribution < -0.4 is 20.1 Å². The zero-order valence-corrected chi connectivity index (χ0v) is 23.1. The molecule has 9 heteroatoms. The van der Waals surface area contributed by atoms with Crippen molar-refractivity contribution in [2.45, 2.75) is 0 Å². The highest BCUT2D eigenvalue weighted by molar-refractivity contribution is 5.92. The average molecular weight is 539 g/mol. The second kappa shape index (κ2) is 12.6. The molecular weight excluding hydrogens is 504 g/mol. The Morgan fingerprint density at radius 1 is 0.750 bits per heavy atom. The van der Waals surface area contributed by atoms with E-state index in [2.05, 4.69) is 27.5 Å². The van der Waals surface area contributed by atoms with Crippen LogP contribution in [0.1, 0.15) is 0 Å². The van der Waals surface area contributed by atoms with Crippen molar-refractivity contribution in [1.82, 2.24) is 19.8 Å². The summed E-state index contributed by atoms with van der Waals surface area (Å²) >= 11 is 0. The quantitative estimate of drug-likeness (QED) is 0.315. The number of methoxy groups -OCH3 is 2. The summed E-state index contributed by atoms with van der Waals surface area (Å²) in [5.41, 5.74) is 5.00. The molecule has 1 aliphatic rings. The Hall–Kier alpha value is -4.47. The van der Waals surface area contributed by atoms with Crippen molar-refractivity contribution in [3.8, 4) is 34.0 Å². The molecule has 0 aliphatic carbocycles. The number of amides is 1. The van der Waals surface area contributed by atoms with Crippen LogP contribution in [-0.2, 0) is 4.79 Å². The van der Waals surface area contributed by atoms with E-state index in [9.17, 15) is 4.79 Å². The summed E-state index contributed by atoms with van der Waals surface area (Å²) in [5, 5.41) is 6.32. The monoisotopic (exact) mass is 538 g/mol. The summed E-state index contributed by atoms with van der Waals surface area (Å²) in [6, 6.07) is 25.1. The van der Waals surface area contributed by atoms with Crippen molar-refractivity contribution in [2.24, 2.45) is 0 Å². The molecule has 1 amide bonds. The third-order valence-electron chi connectivity index (χ3n) is 6.89. The molecule has 0 spiro atoms. The number of carbonyl (C=O) groups excluding carboxylic acids is 1. The van der Waals surface area contributed by atoms with Gasteiger partial charge in [0.05, 0.1) is 32.2 Å². The zero-order chi connectivity index (χ0) is 27.9. The highest BCUT2D eigenvalue weighted by atomic mass is 16.5. The van der Waals surface area contributed by atoms with Crippen LogP contribution in [0.4, 0.5) is 17.3 Å². The number of likely N-dealkylation sites (N-methyl/N-ethyl adjacent to an activating group) is 1. The van der Waals surface area contributed by atoms with Gasteiger partial charge in [-0.3, -0.25) is 9.69 Å². The average Bonchev–Trinajstić information content (AvgIpc) is 2.99. The first kappa shape index (κ1) is 27.1. The molecule has 5 rings (SSSR count). The number of anilines is 3. The number of benzene rings is 3. The van der Waals surface area contributed by atoms with Crippen molar-refractivity contribution in [1.29, 1.82) is 0 Å². The Morgan fingerprint density at radius 2 is 1.25 bits per heavy atom. The van der Waals surface area contributed by atoms with Gasteiger partial charge in [-0.05, 0) is 85.9 Å². The van der Waals surface area contributed by atoms with Crippen molar-refractivity contribution in [2.75, 3.05) is 64.6 Å². The molecule has 0 radical (unpaired) electrons. The van der Waals surface area contributed by atoms with E-state index in [-0.39, 0.29) is 5.91 Å². The number of aromatic nitrogens is 2. The number of nitrogens with one attached hydrogen (secondary N) is 2. The van der Waals surface area contributed by atoms with Crippen LogP contribution >= 0.6 is 0 Å². The molecule has 1 saturated heterocycles. The van der Waals surface area contributed by atoms with Gasteiger partial charge in [0.1, 0.15) is 11.5 Å². The van der Waals surface area contributed by atoms with Crippen LogP contribution in [0.15, 0.2) is 78.9 Å². The SMILES string of the molecule is COc1ccc(-c2cc(-c3ccc(OC)cc3)nc(Nc3ccc(NC(=O)CN4CCN(C)CC4)cc3)n2)cc1. The van der Waals surface area contributed by atoms with Crippen molar-refractivity contribution < 1.29 is 14.3 Å². The van der Waals surface area contributed by atoms with E-state index in [1.165, 1.54) is 0 Å². The molecule has 0 saturated carbocycles. The fraction of sp³-hybridized carbons (Fsp3) is 0.258. The van der Waals surface area contributed by atoms with Crippen molar-refractivity contribution in [3.63, 3.8) is 0 Å². The molecule has 0 unspecified atom stereocenters. The maximum Gasteiger partial charge on any atom is 0.238 e. The summed E-state index contributed by atoms with van der Waals surface area (Å²) in [5.74, 6) is 2.01. The minimum Gasteiger partial charge on any atom is -0.497 e. The van der Waals surface area contributed by atoms with Crippen LogP contribution in [0.2, 0.25) is 0 Å². The second-order valence-electron chi connectivity index (χ2n) is 9.75. The number of ether oxygens (including phenoxy) is 2. The number of piperazine rings is 1. The molecule has 1 aliphatic heterocycles. The molecular formula is C31H34N6O3. The van der Waals surface area contributed by atoms with E-state index in [1.54, 1.807) is 14.2 Å². The van der Waals surface area contributed by atoms with Crippen molar-refractivity contribution >= 4 is 23.2 Å². The number of carbonyl (C=O) groups is 1. The fourth-order valence-electron chi connectivity index (χ4n) is 4.50. The molecule has 1 aromatic heterocycles. The number of nitrogens with zero attached hydrogens (tertiary/aromatic N) is 4. The lowest BCUT2D eigenvalue weighted by molar-refractivity contribution is -0.117. The van der Waals surface area contributed by atoms with E-state index >= 15 is 0 Å². The van der Waals surface area contributed by atoms with Gasteiger partial charge in [-0.25, -0.2) is 9.97 Å². The molecule has 2 heterocycles. The predicted octanol–water partition coefficient (Wildman–Crippen LogP) is 4.76. The third-order valence-corrected chi connectivity index (χ3v) is 6.89. The standard InChI is InChI=1S/C31H34N6O3/c1-36-16-18-37(19-17-36)21-30(38)32-24-8-10-25(11-9-24)33-31-34-28(22-4-12-26(39-2)13-5-22)20-29(35-31)23-6-14-27(40-3)15-7-23/h4-15,20H,16-19,21H2,1-3H3,(H,32,38)(H,33,34,35). The second-order valence-corrected chi connectivity index (χ2v) is 9.75. The highest BCUT2D eigenvalue weighted by Gasteiger charge is 2.16. The maximum atomic E-state index is 12.5. The van der Waals surface area contributed by atoms with Crippen molar-refractivity contribution in [3.05, 3.63) is 78.9 Å². The van der Waals surface area contributed by atoms with Gasteiger partial charge in [-0.15, -0.1) is 0 Å². The van der Waals surface area contributed by atoms with Gasteiger partial charge >= 0.3 is 0 Å². The Kier molecular flexibility index (Phi) is 8.53. The first-order valence-corrected chi connectivity index (χ1v) is 13.2. The van der Waals surface area contributed by atoms with E-state index < -0.39 is 0 Å². The molecule has 3 aromatic carbocycles. The lowest BCUT2D eigenvalue weighted by Gasteiger charge is -2.31. The molecule has 2 N–H and O–H groups in total. The largest absolute Gasteiger partial charge is 0.497 e. The van der Waals surface area contributed by atoms with Gasteiger partial charge in [-0.2, -0.15) is 0 Å². The maximum absolute atomic E-state index is 12.5. The molecule has 40 heavy (non-hydrogen) atoms. The first-order chi connectivity index (χ1) is 19.5. The number of hydrogen-bond donors (Lipinski definition) is 2. The Balaban J connectivity index is 1.33. The van der Waals surface area contributed by atoms with E-state index in [1.807, 2.05) is 78.9 Å². The van der Waals surface area contributed by atoms with Crippen LogP contribution in [0.3, 0.4) is 0 Å². The highest BCUT2D eigenvalue weighted by Crippen LogP contribution is 2.29. The summed E-state index contributed by atoms with van der Waals surface area (Å²) in [4.78, 5) is 26.6. The van der Waals surface area contributed by atoms with E-state index in [4.69, 9.17) is 19.4 Å². The first-order valence-electron chi connectivity index (χ1n) is 13.2. The smallest absolute Gasteiger partial charge is 0.238 e. The Morgan fingerprint density at radius 3 is 1.75 bits per heavy atom. The summed E-state index contributed by atoms with van der Waals surface area (Å²) < 4.78 is 10.6. The lowest BCUT2D eigenvalue weighted by Crippen LogP contribution is -2.47. The Labute approximate surface area is 234 Å². The van der Waals surface area contributed by atoms with E-state index in [0.29, 0.717) is 12.5 Å². The predicted molar refractivity (Wildman–Crippen MR) is 158 cm³/mol. The van der Waals surface area contributed by atoms with E-state index in [0.717, 1.165) is 71.6 Å². The number of rotatable bonds is 9. The minimum absolute atomic E-state index is 0.00933. The fourth-order valence-corrected chi connectivity index (χ4v) is 4.50. The molecule has 0 bridgehead atoms. The van der Waals surface area contributed by atoms with Gasteiger partial charge in [0, 0.05) is 48.7 Å². The number of hydrogen-bond acceptors (Lipinski definition) is 8. The normalized spacial score (nSPS) is 14.0. The van der Waals surface area contributed by atoms with Crippen LogP contribution in [-0.4, -0.2) is 79.7 Å². The van der Waals surface area contributed by atoms with Gasteiger partial charge < -0.3 is 25.0 Å². The van der Waals surface area contributed by atoms with Crippen LogP contribution in [0.5, 0.6) is 11.5 Å². The lowest BCUT2D eigenvalue weighted by atomic mass is 10.1.